The Balaban J connectivity index is 1.40. The fourth-order valence-electron chi connectivity index (χ4n) is 3.46. The molecule has 28 heavy (non-hydrogen) atoms. The number of rotatable bonds is 4. The highest BCUT2D eigenvalue weighted by Crippen LogP contribution is 2.25. The van der Waals surface area contributed by atoms with Gasteiger partial charge in [-0.15, -0.1) is 0 Å². The van der Waals surface area contributed by atoms with E-state index in [2.05, 4.69) is 32.6 Å². The number of carbonyl (C=O) groups is 1. The lowest BCUT2D eigenvalue weighted by atomic mass is 10.1. The van der Waals surface area contributed by atoms with Crippen LogP contribution in [0.5, 0.6) is 0 Å². The Labute approximate surface area is 170 Å². The minimum absolute atomic E-state index is 0.109. The van der Waals surface area contributed by atoms with Gasteiger partial charge in [-0.3, -0.25) is 4.79 Å². The number of carbonyl (C=O) groups excluding carboxylic acids is 1. The number of azo groups is 1. The van der Waals surface area contributed by atoms with Crippen molar-refractivity contribution in [3.8, 4) is 0 Å². The van der Waals surface area contributed by atoms with Crippen LogP contribution in [-0.4, -0.2) is 24.0 Å². The minimum Gasteiger partial charge on any atom is -0.372 e. The molecule has 0 saturated carbocycles. The van der Waals surface area contributed by atoms with Gasteiger partial charge in [0.15, 0.2) is 0 Å². The summed E-state index contributed by atoms with van der Waals surface area (Å²) in [4.78, 5) is 14.7. The van der Waals surface area contributed by atoms with Gasteiger partial charge in [0.05, 0.1) is 16.4 Å². The summed E-state index contributed by atoms with van der Waals surface area (Å²) < 4.78 is 0. The summed E-state index contributed by atoms with van der Waals surface area (Å²) in [6, 6.07) is 15.9. The van der Waals surface area contributed by atoms with E-state index < -0.39 is 0 Å². The summed E-state index contributed by atoms with van der Waals surface area (Å²) in [6.45, 7) is 2.27. The van der Waals surface area contributed by atoms with Crippen molar-refractivity contribution < 1.29 is 4.79 Å². The average Bonchev–Trinajstić information content (AvgIpc) is 3.05. The van der Waals surface area contributed by atoms with Crippen LogP contribution in [0.15, 0.2) is 64.3 Å². The first-order chi connectivity index (χ1) is 13.7. The number of hydrogen-bond donors (Lipinski definition) is 1. The van der Waals surface area contributed by atoms with E-state index in [9.17, 15) is 4.79 Å². The van der Waals surface area contributed by atoms with E-state index in [0.29, 0.717) is 17.0 Å². The van der Waals surface area contributed by atoms with E-state index in [0.717, 1.165) is 30.0 Å². The predicted molar refractivity (Wildman–Crippen MR) is 116 cm³/mol. The van der Waals surface area contributed by atoms with Crippen molar-refractivity contribution >= 4 is 46.3 Å². The Morgan fingerprint density at radius 1 is 0.893 bits per heavy atom. The zero-order valence-electron chi connectivity index (χ0n) is 15.6. The van der Waals surface area contributed by atoms with Crippen molar-refractivity contribution in [1.82, 2.24) is 5.32 Å². The van der Waals surface area contributed by atoms with Gasteiger partial charge in [-0.2, -0.15) is 10.2 Å². The smallest absolute Gasteiger partial charge is 0.252 e. The van der Waals surface area contributed by atoms with Crippen molar-refractivity contribution in [3.05, 3.63) is 59.7 Å². The molecule has 0 unspecified atom stereocenters. The van der Waals surface area contributed by atoms with Crippen molar-refractivity contribution in [1.29, 1.82) is 0 Å². The largest absolute Gasteiger partial charge is 0.372 e. The second kappa shape index (κ2) is 8.44. The highest BCUT2D eigenvalue weighted by molar-refractivity contribution is 7.80. The maximum absolute atomic E-state index is 11.7. The molecule has 0 radical (unpaired) electrons. The minimum atomic E-state index is -0.109. The molecule has 1 amide bonds. The van der Waals surface area contributed by atoms with E-state index in [1.807, 2.05) is 42.5 Å². The van der Waals surface area contributed by atoms with Crippen LogP contribution in [0.3, 0.4) is 0 Å². The number of hydrogen-bond acceptors (Lipinski definition) is 5. The molecule has 2 heterocycles. The zero-order chi connectivity index (χ0) is 19.3. The molecule has 2 aliphatic heterocycles. The van der Waals surface area contributed by atoms with Crippen LogP contribution in [0.4, 0.5) is 17.1 Å². The number of anilines is 1. The Bertz CT molecular complexity index is 926. The van der Waals surface area contributed by atoms with Gasteiger partial charge in [0.25, 0.3) is 5.91 Å². The molecule has 4 rings (SSSR count). The van der Waals surface area contributed by atoms with Crippen molar-refractivity contribution in [2.24, 2.45) is 10.2 Å². The Morgan fingerprint density at radius 2 is 1.50 bits per heavy atom. The van der Waals surface area contributed by atoms with Crippen LogP contribution in [0.25, 0.3) is 6.08 Å². The van der Waals surface area contributed by atoms with Crippen LogP contribution in [0.1, 0.15) is 31.2 Å². The van der Waals surface area contributed by atoms with Crippen molar-refractivity contribution in [2.75, 3.05) is 18.0 Å². The third-order valence-corrected chi connectivity index (χ3v) is 5.23. The fourth-order valence-corrected chi connectivity index (χ4v) is 3.71. The van der Waals surface area contributed by atoms with Gasteiger partial charge in [-0.25, -0.2) is 0 Å². The Kier molecular flexibility index (Phi) is 5.58. The van der Waals surface area contributed by atoms with Crippen LogP contribution >= 0.6 is 12.2 Å². The lowest BCUT2D eigenvalue weighted by Gasteiger charge is -2.28. The normalized spacial score (nSPS) is 18.9. The van der Waals surface area contributed by atoms with Crippen LogP contribution < -0.4 is 10.2 Å². The molecule has 0 aliphatic carbocycles. The average molecular weight is 391 g/mol. The van der Waals surface area contributed by atoms with Crippen molar-refractivity contribution in [3.63, 3.8) is 0 Å². The Hall–Kier alpha value is -2.86. The summed E-state index contributed by atoms with van der Waals surface area (Å²) in [5.74, 6) is -0.109. The van der Waals surface area contributed by atoms with Gasteiger partial charge in [-0.05, 0) is 67.3 Å². The molecule has 0 atom stereocenters. The van der Waals surface area contributed by atoms with Crippen molar-refractivity contribution in [2.45, 2.75) is 25.7 Å². The monoisotopic (exact) mass is 390 g/mol. The standard InChI is InChI=1S/C22H22N4OS/c27-22-17(15-21(28)23-22)14-16-4-6-18(7-5-16)24-25-19-8-10-20(11-9-19)26-12-2-1-3-13-26/h4-11,14H,1-3,12-13,15H2,(H,23,27,28)/b17-14-,25-24?. The van der Waals surface area contributed by atoms with Gasteiger partial charge in [-0.1, -0.05) is 24.4 Å². The third-order valence-electron chi connectivity index (χ3n) is 4.98. The molecule has 0 bridgehead atoms. The maximum atomic E-state index is 11.7. The van der Waals surface area contributed by atoms with E-state index >= 15 is 0 Å². The molecule has 2 saturated heterocycles. The van der Waals surface area contributed by atoms with Crippen LogP contribution in [0, 0.1) is 0 Å². The van der Waals surface area contributed by atoms with Crippen LogP contribution in [-0.2, 0) is 4.79 Å². The highest BCUT2D eigenvalue weighted by Gasteiger charge is 2.20. The number of piperidine rings is 1. The number of nitrogens with one attached hydrogen (secondary N) is 1. The summed E-state index contributed by atoms with van der Waals surface area (Å²) in [5, 5.41) is 11.3. The van der Waals surface area contributed by atoms with E-state index in [-0.39, 0.29) is 5.91 Å². The van der Waals surface area contributed by atoms with Gasteiger partial charge in [0.2, 0.25) is 0 Å². The van der Waals surface area contributed by atoms with E-state index in [1.54, 1.807) is 0 Å². The number of benzene rings is 2. The predicted octanol–water partition coefficient (Wildman–Crippen LogP) is 5.32. The molecule has 1 N–H and O–H groups in total. The first-order valence-electron chi connectivity index (χ1n) is 9.59. The van der Waals surface area contributed by atoms with Gasteiger partial charge in [0.1, 0.15) is 0 Å². The SMILES string of the molecule is O=C1NC(=S)C/C1=C/c1ccc(N=Nc2ccc(N3CCCCC3)cc2)cc1. The summed E-state index contributed by atoms with van der Waals surface area (Å²) >= 11 is 5.03. The lowest BCUT2D eigenvalue weighted by molar-refractivity contribution is -0.115. The molecule has 6 heteroatoms. The molecular weight excluding hydrogens is 368 g/mol. The lowest BCUT2D eigenvalue weighted by Crippen LogP contribution is -2.29. The molecule has 0 spiro atoms. The molecule has 142 valence electrons. The molecule has 5 nitrogen and oxygen atoms in total. The molecule has 0 aromatic heterocycles. The van der Waals surface area contributed by atoms with Gasteiger partial charge >= 0.3 is 0 Å². The number of nitrogens with zero attached hydrogens (tertiary/aromatic N) is 3. The summed E-state index contributed by atoms with van der Waals surface area (Å²) in [7, 11) is 0. The number of thiocarbonyl (C=S) groups is 1. The fraction of sp³-hybridized carbons (Fsp3) is 0.273. The van der Waals surface area contributed by atoms with Gasteiger partial charge < -0.3 is 10.2 Å². The summed E-state index contributed by atoms with van der Waals surface area (Å²) in [5.41, 5.74) is 4.50. The first kappa shape index (κ1) is 18.5. The second-order valence-electron chi connectivity index (χ2n) is 7.08. The van der Waals surface area contributed by atoms with E-state index in [4.69, 9.17) is 12.2 Å². The molecule has 2 aromatic rings. The molecule has 2 aliphatic rings. The summed E-state index contributed by atoms with van der Waals surface area (Å²) in [6.07, 6.45) is 6.23. The molecular formula is C22H22N4OS. The molecule has 2 aromatic carbocycles. The highest BCUT2D eigenvalue weighted by atomic mass is 32.1. The molecule has 2 fully saturated rings. The second-order valence-corrected chi connectivity index (χ2v) is 7.57. The zero-order valence-corrected chi connectivity index (χ0v) is 16.4. The van der Waals surface area contributed by atoms with E-state index in [1.165, 1.54) is 24.9 Å². The first-order valence-corrected chi connectivity index (χ1v) is 10.00. The topological polar surface area (TPSA) is 57.1 Å². The quantitative estimate of drug-likeness (QED) is 0.436. The number of amides is 1. The van der Waals surface area contributed by atoms with Crippen LogP contribution in [0.2, 0.25) is 0 Å². The Morgan fingerprint density at radius 3 is 2.07 bits per heavy atom. The van der Waals surface area contributed by atoms with Gasteiger partial charge in [0, 0.05) is 30.8 Å². The maximum Gasteiger partial charge on any atom is 0.252 e. The third kappa shape index (κ3) is 4.51.